The minimum atomic E-state index is -4.57. The molecule has 2 amide bonds. The highest BCUT2D eigenvalue weighted by molar-refractivity contribution is 7.86. The Kier molecular flexibility index (Phi) is 14.9. The zero-order valence-electron chi connectivity index (χ0n) is 41.5. The summed E-state index contributed by atoms with van der Waals surface area (Å²) in [7, 11) is -4.57. The lowest BCUT2D eigenvalue weighted by molar-refractivity contribution is -0.272. The Labute approximate surface area is 440 Å². The molecule has 0 radical (unpaired) electrons. The fourth-order valence-corrected chi connectivity index (χ4v) is 10.9. The molecule has 1 saturated heterocycles. The third-order valence-corrected chi connectivity index (χ3v) is 15.0. The number of H-pyrrole nitrogens is 1. The first-order chi connectivity index (χ1) is 37.2. The number of carbonyl (C=O) groups excluding carboxylic acids is 2. The van der Waals surface area contributed by atoms with Crippen molar-refractivity contribution in [2.24, 2.45) is 0 Å². The van der Waals surface area contributed by atoms with E-state index in [4.69, 9.17) is 27.9 Å². The van der Waals surface area contributed by atoms with Crippen molar-refractivity contribution in [2.75, 3.05) is 13.3 Å². The zero-order valence-corrected chi connectivity index (χ0v) is 42.3. The maximum absolute atomic E-state index is 15.2. The van der Waals surface area contributed by atoms with Crippen molar-refractivity contribution < 1.29 is 45.9 Å². The second kappa shape index (κ2) is 22.5. The van der Waals surface area contributed by atoms with Gasteiger partial charge in [-0.15, -0.1) is 0 Å². The van der Waals surface area contributed by atoms with Gasteiger partial charge in [0.15, 0.2) is 12.3 Å². The molecule has 15 heteroatoms. The first-order valence-electron chi connectivity index (χ1n) is 25.0. The van der Waals surface area contributed by atoms with Crippen LogP contribution in [0.3, 0.4) is 0 Å². The molecule has 2 aliphatic rings. The lowest BCUT2D eigenvalue weighted by Crippen LogP contribution is -2.59. The number of aryl methyl sites for hydroxylation is 1. The van der Waals surface area contributed by atoms with Gasteiger partial charge < -0.3 is 33.2 Å². The average molecular weight is 1040 g/mol. The molecule has 2 aliphatic heterocycles. The van der Waals surface area contributed by atoms with Gasteiger partial charge in [-0.2, -0.15) is 8.42 Å². The minimum absolute atomic E-state index is 0.00559. The number of hydrogen-bond acceptors (Lipinski definition) is 11. The highest BCUT2D eigenvalue weighted by atomic mass is 32.2. The van der Waals surface area contributed by atoms with Crippen molar-refractivity contribution in [3.8, 4) is 0 Å². The molecule has 76 heavy (non-hydrogen) atoms. The monoisotopic (exact) mass is 1030 g/mol. The summed E-state index contributed by atoms with van der Waals surface area (Å²) >= 11 is 0. The van der Waals surface area contributed by atoms with Crippen LogP contribution in [-0.4, -0.2) is 77.4 Å². The lowest BCUT2D eigenvalue weighted by Gasteiger charge is -2.46. The second-order valence-electron chi connectivity index (χ2n) is 18.7. The molecule has 0 unspecified atom stereocenters. The van der Waals surface area contributed by atoms with Crippen LogP contribution in [0.1, 0.15) is 45.2 Å². The maximum atomic E-state index is 15.2. The van der Waals surface area contributed by atoms with Crippen molar-refractivity contribution in [1.82, 2.24) is 19.4 Å². The number of aromatic amines is 1. The average Bonchev–Trinajstić information content (AvgIpc) is 4.14. The van der Waals surface area contributed by atoms with E-state index in [1.165, 1.54) is 12.1 Å². The fraction of sp³-hybridized carbons (Fsp3) is 0.197. The molecule has 9 aromatic rings. The predicted octanol–water partition coefficient (Wildman–Crippen LogP) is 10.3. The standard InChI is InChI=1S/C61H54N4O10S/c1-41-28-30-46(31-29-41)76(68,69)75-57-56(73-38-45-23-12-5-13-24-45)55(72-37-44-21-10-4-11-22-44)52(39-70-35-42-17-6-2-7-18-42)74-61(57)64-34-50(47-25-14-15-27-51(47)64)54-53(49-33-63-58-48(49)26-16-32-62-58)59(66)65(60(54)67)40-71-36-43-19-8-3-9-20-43/h2-34,52,55-57,61H,35-40H2,1H3,(H,62,63)/t52-,55-,56+,57-,61+/m1/s1. The largest absolute Gasteiger partial charge is 0.374 e. The summed E-state index contributed by atoms with van der Waals surface area (Å²) in [5, 5.41) is 1.21. The number of benzene rings is 6. The number of aromatic nitrogens is 3. The number of nitrogens with one attached hydrogen (secondary N) is 1. The van der Waals surface area contributed by atoms with Crippen molar-refractivity contribution >= 4 is 55.0 Å². The molecule has 0 saturated carbocycles. The summed E-state index contributed by atoms with van der Waals surface area (Å²) in [5.74, 6) is -1.14. The molecule has 1 N–H and O–H groups in total. The van der Waals surface area contributed by atoms with E-state index in [0.29, 0.717) is 33.1 Å². The number of amides is 2. The number of hydrogen-bond donors (Lipinski definition) is 1. The van der Waals surface area contributed by atoms with Crippen LogP contribution in [0, 0.1) is 6.92 Å². The normalized spacial score (nSPS) is 19.1. The van der Waals surface area contributed by atoms with Crippen LogP contribution in [0.5, 0.6) is 0 Å². The number of pyridine rings is 1. The Bertz CT molecular complexity index is 3610. The van der Waals surface area contributed by atoms with E-state index in [2.05, 4.69) is 9.97 Å². The van der Waals surface area contributed by atoms with Gasteiger partial charge in [-0.25, -0.2) is 9.88 Å². The molecule has 6 aromatic carbocycles. The summed E-state index contributed by atoms with van der Waals surface area (Å²) in [5.41, 5.74) is 6.55. The van der Waals surface area contributed by atoms with E-state index in [-0.39, 0.29) is 55.8 Å². The first kappa shape index (κ1) is 50.3. The van der Waals surface area contributed by atoms with E-state index in [1.807, 2.05) is 159 Å². The molecule has 11 rings (SSSR count). The third kappa shape index (κ3) is 10.7. The van der Waals surface area contributed by atoms with Crippen molar-refractivity contribution in [3.05, 3.63) is 240 Å². The quantitative estimate of drug-likeness (QED) is 0.0572. The van der Waals surface area contributed by atoms with Crippen LogP contribution in [0.25, 0.3) is 33.1 Å². The van der Waals surface area contributed by atoms with Gasteiger partial charge >= 0.3 is 0 Å². The summed E-state index contributed by atoms with van der Waals surface area (Å²) in [4.78, 5) is 38.8. The van der Waals surface area contributed by atoms with Crippen molar-refractivity contribution in [2.45, 2.75) is 68.9 Å². The Morgan fingerprint density at radius 1 is 0.579 bits per heavy atom. The number of rotatable bonds is 20. The SMILES string of the molecule is Cc1ccc(S(=O)(=O)O[C@@H]2[C@@H](OCc3ccccc3)[C@H](OCc3ccccc3)[C@@H](COCc3ccccc3)O[C@@H]2n2cc(C3=C(c4c[nH]c5ncccc45)C(=O)N(COCc4ccccc4)C3=O)c3ccccc32)cc1. The molecule has 384 valence electrons. The van der Waals surface area contributed by atoms with Crippen LogP contribution in [0.4, 0.5) is 0 Å². The van der Waals surface area contributed by atoms with Crippen molar-refractivity contribution in [1.29, 1.82) is 0 Å². The second-order valence-corrected chi connectivity index (χ2v) is 20.3. The van der Waals surface area contributed by atoms with Gasteiger partial charge in [0.2, 0.25) is 0 Å². The lowest BCUT2D eigenvalue weighted by atomic mass is 9.96. The Balaban J connectivity index is 1.07. The summed E-state index contributed by atoms with van der Waals surface area (Å²) in [6.45, 7) is 2.11. The zero-order chi connectivity index (χ0) is 52.0. The summed E-state index contributed by atoms with van der Waals surface area (Å²) in [6.07, 6.45) is -0.690. The van der Waals surface area contributed by atoms with Crippen LogP contribution in [-0.2, 0) is 74.0 Å². The van der Waals surface area contributed by atoms with E-state index in [1.54, 1.807) is 41.4 Å². The predicted molar refractivity (Wildman–Crippen MR) is 286 cm³/mol. The molecule has 5 atom stereocenters. The summed E-state index contributed by atoms with van der Waals surface area (Å²) in [6, 6.07) is 55.8. The molecule has 3 aromatic heterocycles. The third-order valence-electron chi connectivity index (χ3n) is 13.6. The van der Waals surface area contributed by atoms with Gasteiger partial charge in [-0.05, 0) is 59.5 Å². The number of fused-ring (bicyclic) bond motifs is 2. The highest BCUT2D eigenvalue weighted by Gasteiger charge is 2.52. The van der Waals surface area contributed by atoms with E-state index in [0.717, 1.165) is 32.7 Å². The molecule has 1 fully saturated rings. The minimum Gasteiger partial charge on any atom is -0.374 e. The smallest absolute Gasteiger partial charge is 0.297 e. The van der Waals surface area contributed by atoms with E-state index >= 15 is 4.79 Å². The molecule has 0 spiro atoms. The number of nitrogens with zero attached hydrogens (tertiary/aromatic N) is 3. The van der Waals surface area contributed by atoms with Gasteiger partial charge in [0.05, 0.1) is 54.6 Å². The van der Waals surface area contributed by atoms with Crippen LogP contribution in [0.15, 0.2) is 205 Å². The Morgan fingerprint density at radius 2 is 1.12 bits per heavy atom. The Morgan fingerprint density at radius 3 is 1.75 bits per heavy atom. The Hall–Kier alpha value is -7.86. The summed E-state index contributed by atoms with van der Waals surface area (Å²) < 4.78 is 71.6. The van der Waals surface area contributed by atoms with Gasteiger partial charge in [0, 0.05) is 40.5 Å². The van der Waals surface area contributed by atoms with Gasteiger partial charge in [0.1, 0.15) is 30.7 Å². The van der Waals surface area contributed by atoms with Gasteiger partial charge in [-0.3, -0.25) is 13.8 Å². The number of carbonyl (C=O) groups is 2. The number of ether oxygens (including phenoxy) is 5. The molecule has 14 nitrogen and oxygen atoms in total. The van der Waals surface area contributed by atoms with Crippen LogP contribution >= 0.6 is 0 Å². The molecular formula is C61H54N4O10S. The first-order valence-corrected chi connectivity index (χ1v) is 26.4. The van der Waals surface area contributed by atoms with Gasteiger partial charge in [0.25, 0.3) is 21.9 Å². The molecule has 0 aliphatic carbocycles. The number of imide groups is 1. The molecular weight excluding hydrogens is 981 g/mol. The van der Waals surface area contributed by atoms with Crippen LogP contribution in [0.2, 0.25) is 0 Å². The molecule has 5 heterocycles. The number of para-hydroxylation sites is 1. The maximum Gasteiger partial charge on any atom is 0.297 e. The van der Waals surface area contributed by atoms with E-state index in [9.17, 15) is 13.2 Å². The highest BCUT2D eigenvalue weighted by Crippen LogP contribution is 2.44. The topological polar surface area (TPSA) is 161 Å². The van der Waals surface area contributed by atoms with E-state index < -0.39 is 52.6 Å². The van der Waals surface area contributed by atoms with Crippen LogP contribution < -0.4 is 0 Å². The van der Waals surface area contributed by atoms with Crippen molar-refractivity contribution in [3.63, 3.8) is 0 Å². The fourth-order valence-electron chi connectivity index (χ4n) is 9.85. The van der Waals surface area contributed by atoms with Gasteiger partial charge in [-0.1, -0.05) is 157 Å². The molecule has 0 bridgehead atoms.